The highest BCUT2D eigenvalue weighted by Gasteiger charge is 2.35. The number of likely N-dealkylation sites (tertiary alicyclic amines) is 1. The quantitative estimate of drug-likeness (QED) is 0.811. The molecule has 0 bridgehead atoms. The van der Waals surface area contributed by atoms with Crippen molar-refractivity contribution in [2.45, 2.75) is 39.0 Å². The van der Waals surface area contributed by atoms with Crippen LogP contribution in [0, 0.1) is 12.8 Å². The molecule has 1 aliphatic heterocycles. The van der Waals surface area contributed by atoms with E-state index in [0.29, 0.717) is 18.7 Å². The van der Waals surface area contributed by atoms with Crippen LogP contribution < -0.4 is 5.32 Å². The fourth-order valence-electron chi connectivity index (χ4n) is 3.41. The van der Waals surface area contributed by atoms with Crippen LogP contribution in [0.25, 0.3) is 0 Å². The first-order valence-corrected chi connectivity index (χ1v) is 9.44. The molecule has 1 heterocycles. The van der Waals surface area contributed by atoms with Gasteiger partial charge in [0.05, 0.1) is 17.5 Å². The number of benzene rings is 2. The van der Waals surface area contributed by atoms with Crippen LogP contribution in [0.15, 0.2) is 48.5 Å². The topological polar surface area (TPSA) is 49.4 Å². The fourth-order valence-corrected chi connectivity index (χ4v) is 3.41. The third-order valence-electron chi connectivity index (χ3n) is 5.15. The van der Waals surface area contributed by atoms with E-state index in [0.717, 1.165) is 23.3 Å². The van der Waals surface area contributed by atoms with Crippen LogP contribution in [0.2, 0.25) is 0 Å². The first-order valence-electron chi connectivity index (χ1n) is 9.44. The number of amides is 2. The van der Waals surface area contributed by atoms with Crippen LogP contribution in [-0.4, -0.2) is 23.3 Å². The molecule has 3 rings (SSSR count). The number of nitrogens with zero attached hydrogens (tertiary/aromatic N) is 1. The SMILES string of the molecule is Cc1ccc(CN2CC(C(=O)NC(C)c3cccc(C(F)(F)F)c3)CC2=O)cc1. The van der Waals surface area contributed by atoms with E-state index in [-0.39, 0.29) is 18.2 Å². The summed E-state index contributed by atoms with van der Waals surface area (Å²) >= 11 is 0. The summed E-state index contributed by atoms with van der Waals surface area (Å²) in [6, 6.07) is 12.1. The first kappa shape index (κ1) is 20.9. The Balaban J connectivity index is 1.61. The van der Waals surface area contributed by atoms with E-state index in [1.807, 2.05) is 31.2 Å². The van der Waals surface area contributed by atoms with Crippen molar-refractivity contribution < 1.29 is 22.8 Å². The predicted molar refractivity (Wildman–Crippen MR) is 103 cm³/mol. The number of hydrogen-bond acceptors (Lipinski definition) is 2. The summed E-state index contributed by atoms with van der Waals surface area (Å²) < 4.78 is 38.7. The standard InChI is InChI=1S/C22H23F3N2O2/c1-14-6-8-16(9-7-14)12-27-13-18(11-20(27)28)21(29)26-15(2)17-4-3-5-19(10-17)22(23,24)25/h3-10,15,18H,11-13H2,1-2H3,(H,26,29). The number of rotatable bonds is 5. The Morgan fingerprint density at radius 2 is 1.90 bits per heavy atom. The van der Waals surface area contributed by atoms with E-state index in [1.165, 1.54) is 6.07 Å². The molecule has 2 atom stereocenters. The number of carbonyl (C=O) groups excluding carboxylic acids is 2. The normalized spacial score (nSPS) is 18.0. The Morgan fingerprint density at radius 1 is 1.21 bits per heavy atom. The summed E-state index contributed by atoms with van der Waals surface area (Å²) in [5, 5.41) is 2.74. The van der Waals surface area contributed by atoms with E-state index >= 15 is 0 Å². The lowest BCUT2D eigenvalue weighted by Crippen LogP contribution is -2.34. The second kappa shape index (κ2) is 8.27. The summed E-state index contributed by atoms with van der Waals surface area (Å²) in [6.07, 6.45) is -4.33. The van der Waals surface area contributed by atoms with Gasteiger partial charge in [-0.05, 0) is 37.1 Å². The Kier molecular flexibility index (Phi) is 5.96. The average Bonchev–Trinajstić information content (AvgIpc) is 3.03. The minimum absolute atomic E-state index is 0.0996. The molecule has 4 nitrogen and oxygen atoms in total. The minimum atomic E-state index is -4.44. The molecule has 1 fully saturated rings. The van der Waals surface area contributed by atoms with Crippen LogP contribution in [0.5, 0.6) is 0 Å². The predicted octanol–water partition coefficient (Wildman–Crippen LogP) is 4.24. The van der Waals surface area contributed by atoms with Gasteiger partial charge in [0.1, 0.15) is 0 Å². The smallest absolute Gasteiger partial charge is 0.349 e. The van der Waals surface area contributed by atoms with Crippen molar-refractivity contribution in [3.8, 4) is 0 Å². The molecule has 0 spiro atoms. The minimum Gasteiger partial charge on any atom is -0.349 e. The molecule has 29 heavy (non-hydrogen) atoms. The van der Waals surface area contributed by atoms with Crippen LogP contribution >= 0.6 is 0 Å². The molecule has 154 valence electrons. The number of aryl methyl sites for hydroxylation is 1. The average molecular weight is 404 g/mol. The lowest BCUT2D eigenvalue weighted by atomic mass is 10.0. The lowest BCUT2D eigenvalue weighted by molar-refractivity contribution is -0.137. The fraction of sp³-hybridized carbons (Fsp3) is 0.364. The van der Waals surface area contributed by atoms with Gasteiger partial charge in [0.25, 0.3) is 0 Å². The summed E-state index contributed by atoms with van der Waals surface area (Å²) in [4.78, 5) is 26.5. The molecule has 1 saturated heterocycles. The maximum absolute atomic E-state index is 12.9. The number of halogens is 3. The van der Waals surface area contributed by atoms with Crippen molar-refractivity contribution in [1.82, 2.24) is 10.2 Å². The zero-order valence-electron chi connectivity index (χ0n) is 16.3. The van der Waals surface area contributed by atoms with Crippen molar-refractivity contribution in [2.24, 2.45) is 5.92 Å². The van der Waals surface area contributed by atoms with E-state index in [1.54, 1.807) is 17.9 Å². The molecule has 2 amide bonds. The van der Waals surface area contributed by atoms with Gasteiger partial charge in [-0.15, -0.1) is 0 Å². The van der Waals surface area contributed by atoms with Gasteiger partial charge in [-0.2, -0.15) is 13.2 Å². The van der Waals surface area contributed by atoms with Crippen molar-refractivity contribution in [2.75, 3.05) is 6.54 Å². The maximum atomic E-state index is 12.9. The Morgan fingerprint density at radius 3 is 2.55 bits per heavy atom. The van der Waals surface area contributed by atoms with Crippen molar-refractivity contribution >= 4 is 11.8 Å². The second-order valence-electron chi connectivity index (χ2n) is 7.51. The van der Waals surface area contributed by atoms with Crippen LogP contribution in [-0.2, 0) is 22.3 Å². The first-order chi connectivity index (χ1) is 13.6. The third-order valence-corrected chi connectivity index (χ3v) is 5.15. The summed E-state index contributed by atoms with van der Waals surface area (Å²) in [7, 11) is 0. The van der Waals surface area contributed by atoms with Crippen molar-refractivity contribution in [3.63, 3.8) is 0 Å². The molecule has 0 saturated carbocycles. The molecule has 2 aromatic carbocycles. The number of alkyl halides is 3. The highest BCUT2D eigenvalue weighted by atomic mass is 19.4. The Bertz CT molecular complexity index is 894. The van der Waals surface area contributed by atoms with Gasteiger partial charge in [0.15, 0.2) is 0 Å². The van der Waals surface area contributed by atoms with E-state index in [2.05, 4.69) is 5.32 Å². The summed E-state index contributed by atoms with van der Waals surface area (Å²) in [5.74, 6) is -0.937. The Labute approximate surface area is 167 Å². The molecule has 1 aliphatic rings. The second-order valence-corrected chi connectivity index (χ2v) is 7.51. The molecular weight excluding hydrogens is 381 g/mol. The highest BCUT2D eigenvalue weighted by Crippen LogP contribution is 2.31. The molecule has 7 heteroatoms. The zero-order chi connectivity index (χ0) is 21.2. The van der Waals surface area contributed by atoms with Gasteiger partial charge in [-0.25, -0.2) is 0 Å². The molecule has 1 N–H and O–H groups in total. The van der Waals surface area contributed by atoms with E-state index in [4.69, 9.17) is 0 Å². The van der Waals surface area contributed by atoms with Gasteiger partial charge in [0, 0.05) is 19.5 Å². The van der Waals surface area contributed by atoms with Gasteiger partial charge in [-0.1, -0.05) is 42.0 Å². The van der Waals surface area contributed by atoms with Gasteiger partial charge >= 0.3 is 6.18 Å². The monoisotopic (exact) mass is 404 g/mol. The lowest BCUT2D eigenvalue weighted by Gasteiger charge is -2.19. The molecular formula is C22H23F3N2O2. The summed E-state index contributed by atoms with van der Waals surface area (Å²) in [6.45, 7) is 4.35. The molecule has 0 radical (unpaired) electrons. The third kappa shape index (κ3) is 5.16. The maximum Gasteiger partial charge on any atom is 0.416 e. The van der Waals surface area contributed by atoms with Crippen LogP contribution in [0.4, 0.5) is 13.2 Å². The molecule has 2 aromatic rings. The van der Waals surface area contributed by atoms with Gasteiger partial charge in [-0.3, -0.25) is 9.59 Å². The number of carbonyl (C=O) groups is 2. The van der Waals surface area contributed by atoms with Crippen molar-refractivity contribution in [1.29, 1.82) is 0 Å². The van der Waals surface area contributed by atoms with Crippen LogP contribution in [0.1, 0.15) is 41.6 Å². The van der Waals surface area contributed by atoms with Crippen LogP contribution in [0.3, 0.4) is 0 Å². The van der Waals surface area contributed by atoms with Gasteiger partial charge in [0.2, 0.25) is 11.8 Å². The largest absolute Gasteiger partial charge is 0.416 e. The molecule has 0 aliphatic carbocycles. The highest BCUT2D eigenvalue weighted by molar-refractivity contribution is 5.89. The number of hydrogen-bond donors (Lipinski definition) is 1. The Hall–Kier alpha value is -2.83. The van der Waals surface area contributed by atoms with Crippen molar-refractivity contribution in [3.05, 3.63) is 70.8 Å². The molecule has 2 unspecified atom stereocenters. The zero-order valence-corrected chi connectivity index (χ0v) is 16.3. The molecule has 0 aromatic heterocycles. The summed E-state index contributed by atoms with van der Waals surface area (Å²) in [5.41, 5.74) is 1.73. The number of nitrogens with one attached hydrogen (secondary N) is 1. The van der Waals surface area contributed by atoms with E-state index in [9.17, 15) is 22.8 Å². The van der Waals surface area contributed by atoms with E-state index < -0.39 is 23.7 Å². The van der Waals surface area contributed by atoms with Gasteiger partial charge < -0.3 is 10.2 Å².